The van der Waals surface area contributed by atoms with Crippen LogP contribution in [0.15, 0.2) is 34.8 Å². The largest absolute Gasteiger partial charge is 0.456 e. The molecule has 3 nitrogen and oxygen atoms in total. The number of rotatable bonds is 3. The van der Waals surface area contributed by atoms with Gasteiger partial charge in [-0.1, -0.05) is 6.07 Å². The molecular formula is C17H16BrNO2. The van der Waals surface area contributed by atoms with Crippen LogP contribution in [-0.2, 0) is 0 Å². The first-order valence-corrected chi connectivity index (χ1v) is 7.38. The Morgan fingerprint density at radius 2 is 1.81 bits per heavy atom. The molecule has 2 aromatic rings. The maximum atomic E-state index is 9.58. The molecule has 0 spiro atoms. The van der Waals surface area contributed by atoms with Gasteiger partial charge >= 0.3 is 0 Å². The molecule has 0 fully saturated rings. The Morgan fingerprint density at radius 3 is 2.29 bits per heavy atom. The fourth-order valence-electron chi connectivity index (χ4n) is 2.15. The third-order valence-electron chi connectivity index (χ3n) is 3.24. The van der Waals surface area contributed by atoms with E-state index < -0.39 is 6.10 Å². The van der Waals surface area contributed by atoms with E-state index in [1.807, 2.05) is 32.0 Å². The van der Waals surface area contributed by atoms with E-state index >= 15 is 0 Å². The van der Waals surface area contributed by atoms with Crippen molar-refractivity contribution in [1.82, 2.24) is 0 Å². The molecule has 0 bridgehead atoms. The zero-order valence-corrected chi connectivity index (χ0v) is 13.7. The zero-order chi connectivity index (χ0) is 15.6. The number of hydrogen-bond acceptors (Lipinski definition) is 3. The van der Waals surface area contributed by atoms with Crippen molar-refractivity contribution in [2.45, 2.75) is 26.9 Å². The molecule has 0 aliphatic rings. The van der Waals surface area contributed by atoms with Gasteiger partial charge in [0.15, 0.2) is 0 Å². The summed E-state index contributed by atoms with van der Waals surface area (Å²) in [4.78, 5) is 0. The van der Waals surface area contributed by atoms with E-state index in [0.29, 0.717) is 11.3 Å². The van der Waals surface area contributed by atoms with Gasteiger partial charge in [0.1, 0.15) is 11.5 Å². The van der Waals surface area contributed by atoms with Crippen molar-refractivity contribution in [2.24, 2.45) is 0 Å². The third-order valence-corrected chi connectivity index (χ3v) is 3.86. The number of ether oxygens (including phenoxy) is 1. The maximum absolute atomic E-state index is 9.58. The Balaban J connectivity index is 2.37. The standard InChI is InChI=1S/C17H16BrNO2/c1-10-6-13(9-19)7-11(2)17(10)21-16-5-4-14(12(3)20)8-15(16)18/h4-8,12,20H,1-3H3/t12-/m1/s1. The zero-order valence-electron chi connectivity index (χ0n) is 12.1. The van der Waals surface area contributed by atoms with Crippen LogP contribution in [0, 0.1) is 25.2 Å². The number of nitrogens with zero attached hydrogens (tertiary/aromatic N) is 1. The lowest BCUT2D eigenvalue weighted by Crippen LogP contribution is -1.95. The molecule has 2 aromatic carbocycles. The first-order valence-electron chi connectivity index (χ1n) is 6.59. The highest BCUT2D eigenvalue weighted by Crippen LogP contribution is 2.35. The molecule has 0 aromatic heterocycles. The van der Waals surface area contributed by atoms with Gasteiger partial charge in [-0.15, -0.1) is 0 Å². The van der Waals surface area contributed by atoms with Crippen LogP contribution >= 0.6 is 15.9 Å². The smallest absolute Gasteiger partial charge is 0.141 e. The van der Waals surface area contributed by atoms with E-state index in [1.54, 1.807) is 19.1 Å². The number of nitriles is 1. The van der Waals surface area contributed by atoms with Gasteiger partial charge in [-0.25, -0.2) is 0 Å². The molecule has 0 aliphatic carbocycles. The normalized spacial score (nSPS) is 11.8. The first-order chi connectivity index (χ1) is 9.92. The summed E-state index contributed by atoms with van der Waals surface area (Å²) >= 11 is 3.46. The minimum Gasteiger partial charge on any atom is -0.456 e. The van der Waals surface area contributed by atoms with Crippen molar-refractivity contribution >= 4 is 15.9 Å². The lowest BCUT2D eigenvalue weighted by molar-refractivity contribution is 0.199. The summed E-state index contributed by atoms with van der Waals surface area (Å²) in [7, 11) is 0. The van der Waals surface area contributed by atoms with Crippen LogP contribution in [0.5, 0.6) is 11.5 Å². The molecule has 0 saturated heterocycles. The van der Waals surface area contributed by atoms with Crippen molar-refractivity contribution in [2.75, 3.05) is 0 Å². The highest BCUT2D eigenvalue weighted by atomic mass is 79.9. The van der Waals surface area contributed by atoms with Crippen molar-refractivity contribution in [3.8, 4) is 17.6 Å². The van der Waals surface area contributed by atoms with Crippen LogP contribution in [0.1, 0.15) is 35.3 Å². The summed E-state index contributed by atoms with van der Waals surface area (Å²) in [6, 6.07) is 11.2. The van der Waals surface area contributed by atoms with Gasteiger partial charge in [0.05, 0.1) is 22.2 Å². The number of aliphatic hydroxyl groups excluding tert-OH is 1. The van der Waals surface area contributed by atoms with E-state index in [2.05, 4.69) is 22.0 Å². The molecular weight excluding hydrogens is 330 g/mol. The number of aliphatic hydroxyl groups is 1. The third kappa shape index (κ3) is 3.44. The predicted octanol–water partition coefficient (Wildman–Crippen LogP) is 4.78. The summed E-state index contributed by atoms with van der Waals surface area (Å²) in [5.41, 5.74) is 3.28. The molecule has 4 heteroatoms. The van der Waals surface area contributed by atoms with E-state index in [0.717, 1.165) is 26.9 Å². The molecule has 0 saturated carbocycles. The molecule has 0 heterocycles. The Hall–Kier alpha value is -1.83. The van der Waals surface area contributed by atoms with Gasteiger partial charge in [0, 0.05) is 0 Å². The molecule has 0 unspecified atom stereocenters. The van der Waals surface area contributed by atoms with Gasteiger partial charge in [-0.05, 0) is 77.7 Å². The van der Waals surface area contributed by atoms with Crippen molar-refractivity contribution in [1.29, 1.82) is 5.26 Å². The average Bonchev–Trinajstić information content (AvgIpc) is 2.43. The second-order valence-electron chi connectivity index (χ2n) is 5.02. The van der Waals surface area contributed by atoms with Crippen LogP contribution in [-0.4, -0.2) is 5.11 Å². The van der Waals surface area contributed by atoms with Gasteiger partial charge in [-0.3, -0.25) is 0 Å². The molecule has 1 N–H and O–H groups in total. The Labute approximate surface area is 132 Å². The fourth-order valence-corrected chi connectivity index (χ4v) is 2.62. The highest BCUT2D eigenvalue weighted by Gasteiger charge is 2.11. The highest BCUT2D eigenvalue weighted by molar-refractivity contribution is 9.10. The average molecular weight is 346 g/mol. The van der Waals surface area contributed by atoms with E-state index in [4.69, 9.17) is 10.00 Å². The SMILES string of the molecule is Cc1cc(C#N)cc(C)c1Oc1ccc([C@@H](C)O)cc1Br. The second kappa shape index (κ2) is 6.30. The van der Waals surface area contributed by atoms with Crippen molar-refractivity contribution in [3.05, 3.63) is 57.1 Å². The van der Waals surface area contributed by atoms with Crippen LogP contribution in [0.4, 0.5) is 0 Å². The summed E-state index contributed by atoms with van der Waals surface area (Å²) in [5.74, 6) is 1.43. The summed E-state index contributed by atoms with van der Waals surface area (Å²) in [6.45, 7) is 5.56. The van der Waals surface area contributed by atoms with Crippen LogP contribution in [0.3, 0.4) is 0 Å². The lowest BCUT2D eigenvalue weighted by Gasteiger charge is -2.14. The van der Waals surface area contributed by atoms with Crippen LogP contribution in [0.2, 0.25) is 0 Å². The molecule has 108 valence electrons. The summed E-state index contributed by atoms with van der Waals surface area (Å²) in [6.07, 6.45) is -0.520. The van der Waals surface area contributed by atoms with Crippen molar-refractivity contribution in [3.63, 3.8) is 0 Å². The summed E-state index contributed by atoms with van der Waals surface area (Å²) < 4.78 is 6.75. The molecule has 0 aliphatic heterocycles. The number of hydrogen-bond donors (Lipinski definition) is 1. The lowest BCUT2D eigenvalue weighted by atomic mass is 10.1. The Morgan fingerprint density at radius 1 is 1.19 bits per heavy atom. The van der Waals surface area contributed by atoms with E-state index in [-0.39, 0.29) is 0 Å². The minimum absolute atomic E-state index is 0.520. The van der Waals surface area contributed by atoms with Gasteiger partial charge in [-0.2, -0.15) is 5.26 Å². The van der Waals surface area contributed by atoms with E-state index in [9.17, 15) is 5.11 Å². The quantitative estimate of drug-likeness (QED) is 0.870. The molecule has 0 radical (unpaired) electrons. The number of aryl methyl sites for hydroxylation is 2. The number of halogens is 1. The summed E-state index contributed by atoms with van der Waals surface area (Å²) in [5, 5.41) is 18.6. The Kier molecular flexibility index (Phi) is 4.66. The molecule has 21 heavy (non-hydrogen) atoms. The predicted molar refractivity (Wildman–Crippen MR) is 85.5 cm³/mol. The number of benzene rings is 2. The second-order valence-corrected chi connectivity index (χ2v) is 5.87. The van der Waals surface area contributed by atoms with Gasteiger partial charge < -0.3 is 9.84 Å². The first kappa shape index (κ1) is 15.6. The minimum atomic E-state index is -0.520. The maximum Gasteiger partial charge on any atom is 0.141 e. The van der Waals surface area contributed by atoms with Crippen LogP contribution < -0.4 is 4.74 Å². The van der Waals surface area contributed by atoms with E-state index in [1.165, 1.54) is 0 Å². The monoisotopic (exact) mass is 345 g/mol. The van der Waals surface area contributed by atoms with Crippen molar-refractivity contribution < 1.29 is 9.84 Å². The topological polar surface area (TPSA) is 53.2 Å². The Bertz CT molecular complexity index is 694. The molecule has 2 rings (SSSR count). The fraction of sp³-hybridized carbons (Fsp3) is 0.235. The molecule has 0 amide bonds. The van der Waals surface area contributed by atoms with Crippen LogP contribution in [0.25, 0.3) is 0 Å². The van der Waals surface area contributed by atoms with Gasteiger partial charge in [0.2, 0.25) is 0 Å². The molecule has 1 atom stereocenters. The van der Waals surface area contributed by atoms with Gasteiger partial charge in [0.25, 0.3) is 0 Å².